The number of para-hydroxylation sites is 1. The molecule has 0 bridgehead atoms. The zero-order valence-corrected chi connectivity index (χ0v) is 15.6. The molecule has 8 nitrogen and oxygen atoms in total. The molecule has 5 rings (SSSR count). The number of aromatic nitrogens is 5. The van der Waals surface area contributed by atoms with Crippen LogP contribution >= 0.6 is 0 Å². The molecule has 0 fully saturated rings. The third-order valence-electron chi connectivity index (χ3n) is 4.93. The monoisotopic (exact) mass is 373 g/mol. The van der Waals surface area contributed by atoms with Crippen molar-refractivity contribution in [3.8, 4) is 0 Å². The number of amides is 1. The number of carbonyl (C=O) groups is 1. The van der Waals surface area contributed by atoms with Gasteiger partial charge in [0.15, 0.2) is 0 Å². The third kappa shape index (κ3) is 2.57. The van der Waals surface area contributed by atoms with Gasteiger partial charge in [-0.2, -0.15) is 4.99 Å². The molecule has 1 aliphatic rings. The van der Waals surface area contributed by atoms with E-state index in [1.54, 1.807) is 12.1 Å². The molecule has 0 saturated heterocycles. The van der Waals surface area contributed by atoms with Gasteiger partial charge >= 0.3 is 0 Å². The maximum atomic E-state index is 12.8. The predicted octanol–water partition coefficient (Wildman–Crippen LogP) is 2.53. The number of benzene rings is 2. The van der Waals surface area contributed by atoms with Crippen molar-refractivity contribution < 1.29 is 4.79 Å². The van der Waals surface area contributed by atoms with Crippen molar-refractivity contribution in [1.29, 1.82) is 0 Å². The quantitative estimate of drug-likeness (QED) is 0.583. The van der Waals surface area contributed by atoms with E-state index in [0.717, 1.165) is 35.3 Å². The van der Waals surface area contributed by atoms with Crippen LogP contribution in [0.15, 0.2) is 47.5 Å². The predicted molar refractivity (Wildman–Crippen MR) is 106 cm³/mol. The van der Waals surface area contributed by atoms with Gasteiger partial charge in [-0.15, -0.1) is 5.10 Å². The van der Waals surface area contributed by atoms with E-state index in [0.29, 0.717) is 16.7 Å². The van der Waals surface area contributed by atoms with Crippen LogP contribution in [0.25, 0.3) is 21.9 Å². The highest BCUT2D eigenvalue weighted by molar-refractivity contribution is 5.98. The van der Waals surface area contributed by atoms with Crippen molar-refractivity contribution in [2.75, 3.05) is 11.9 Å². The van der Waals surface area contributed by atoms with E-state index in [1.165, 1.54) is 0 Å². The first-order chi connectivity index (χ1) is 13.6. The molecule has 2 aromatic heterocycles. The second-order valence-corrected chi connectivity index (χ2v) is 7.10. The van der Waals surface area contributed by atoms with Crippen molar-refractivity contribution in [3.63, 3.8) is 0 Å². The molecule has 1 N–H and O–H groups in total. The largest absolute Gasteiger partial charge is 0.369 e. The number of hydrogen-bond acceptors (Lipinski definition) is 5. The van der Waals surface area contributed by atoms with Crippen molar-refractivity contribution in [3.05, 3.63) is 53.6 Å². The van der Waals surface area contributed by atoms with E-state index in [2.05, 4.69) is 25.6 Å². The summed E-state index contributed by atoms with van der Waals surface area (Å²) in [6.07, 6.45) is 0. The minimum atomic E-state index is -0.342. The molecule has 0 unspecified atom stereocenters. The maximum absolute atomic E-state index is 12.8. The van der Waals surface area contributed by atoms with E-state index >= 15 is 0 Å². The summed E-state index contributed by atoms with van der Waals surface area (Å²) >= 11 is 0. The number of hydrogen-bond donors (Lipinski definition) is 1. The van der Waals surface area contributed by atoms with Gasteiger partial charge in [0, 0.05) is 30.1 Å². The van der Waals surface area contributed by atoms with E-state index in [9.17, 15) is 4.79 Å². The summed E-state index contributed by atoms with van der Waals surface area (Å²) in [6, 6.07) is 13.4. The van der Waals surface area contributed by atoms with Gasteiger partial charge in [-0.1, -0.05) is 17.3 Å². The summed E-state index contributed by atoms with van der Waals surface area (Å²) in [6.45, 7) is 5.59. The average Bonchev–Trinajstić information content (AvgIpc) is 3.35. The molecular weight excluding hydrogens is 354 g/mol. The molecule has 0 saturated carbocycles. The molecule has 0 radical (unpaired) electrons. The van der Waals surface area contributed by atoms with E-state index in [-0.39, 0.29) is 11.9 Å². The number of carbonyl (C=O) groups excluding carboxylic acids is 1. The first-order valence-electron chi connectivity index (χ1n) is 9.29. The van der Waals surface area contributed by atoms with Crippen LogP contribution in [0.5, 0.6) is 0 Å². The minimum absolute atomic E-state index is 0.199. The van der Waals surface area contributed by atoms with Gasteiger partial charge in [-0.25, -0.2) is 9.67 Å². The Morgan fingerprint density at radius 1 is 1.18 bits per heavy atom. The molecule has 1 aliphatic heterocycles. The standard InChI is InChI=1S/C20H19N7O/c1-12(2)27-17-8-7-13(11-16(17)24-25-27)19(28)23-20-22-15-6-4-3-5-14(15)18-21-9-10-26(18)20/h3-8,11-12,21H,9-10H2,1-2H3. The van der Waals surface area contributed by atoms with Crippen LogP contribution in [-0.2, 0) is 6.54 Å². The topological polar surface area (TPSA) is 90.0 Å². The Labute approximate surface area is 160 Å². The lowest BCUT2D eigenvalue weighted by atomic mass is 10.2. The molecule has 3 heterocycles. The molecule has 28 heavy (non-hydrogen) atoms. The maximum Gasteiger partial charge on any atom is 0.280 e. The Morgan fingerprint density at radius 2 is 2.04 bits per heavy atom. The molecule has 1 amide bonds. The molecule has 2 aromatic carbocycles. The van der Waals surface area contributed by atoms with Gasteiger partial charge in [0.2, 0.25) is 5.62 Å². The Bertz CT molecular complexity index is 1300. The van der Waals surface area contributed by atoms with Crippen LogP contribution in [0.1, 0.15) is 30.2 Å². The Kier molecular flexibility index (Phi) is 3.71. The van der Waals surface area contributed by atoms with Crippen LogP contribution in [0.4, 0.5) is 5.82 Å². The fraction of sp³-hybridized carbons (Fsp3) is 0.250. The van der Waals surface area contributed by atoms with Crippen molar-refractivity contribution >= 4 is 33.7 Å². The summed E-state index contributed by atoms with van der Waals surface area (Å²) in [4.78, 5) is 21.8. The van der Waals surface area contributed by atoms with Crippen LogP contribution in [-0.4, -0.2) is 37.0 Å². The van der Waals surface area contributed by atoms with E-state index in [1.807, 2.05) is 53.4 Å². The van der Waals surface area contributed by atoms with E-state index in [4.69, 9.17) is 0 Å². The Morgan fingerprint density at radius 3 is 2.89 bits per heavy atom. The van der Waals surface area contributed by atoms with Crippen molar-refractivity contribution in [1.82, 2.24) is 24.5 Å². The van der Waals surface area contributed by atoms with Gasteiger partial charge in [-0.05, 0) is 44.2 Å². The molecule has 4 aromatic rings. The molecule has 8 heteroatoms. The Balaban J connectivity index is 1.62. The van der Waals surface area contributed by atoms with Crippen LogP contribution in [0.2, 0.25) is 0 Å². The number of rotatable bonds is 2. The number of nitrogens with zero attached hydrogens (tertiary/aromatic N) is 6. The summed E-state index contributed by atoms with van der Waals surface area (Å²) in [5, 5.41) is 12.7. The third-order valence-corrected chi connectivity index (χ3v) is 4.93. The summed E-state index contributed by atoms with van der Waals surface area (Å²) < 4.78 is 3.79. The molecular formula is C20H19N7O. The smallest absolute Gasteiger partial charge is 0.280 e. The second-order valence-electron chi connectivity index (χ2n) is 7.10. The SMILES string of the molecule is CC(C)n1nnc2cc(C(=O)N=c3nc4ccccc4c4n3CCN4)ccc21. The van der Waals surface area contributed by atoms with Gasteiger partial charge in [-0.3, -0.25) is 9.36 Å². The zero-order valence-electron chi connectivity index (χ0n) is 15.6. The minimum Gasteiger partial charge on any atom is -0.369 e. The highest BCUT2D eigenvalue weighted by Gasteiger charge is 2.16. The fourth-order valence-electron chi connectivity index (χ4n) is 3.57. The van der Waals surface area contributed by atoms with Gasteiger partial charge in [0.25, 0.3) is 5.91 Å². The van der Waals surface area contributed by atoms with Crippen molar-refractivity contribution in [2.45, 2.75) is 26.4 Å². The molecule has 0 aliphatic carbocycles. The number of fused-ring (bicyclic) bond motifs is 4. The molecule has 140 valence electrons. The van der Waals surface area contributed by atoms with Crippen LogP contribution in [0.3, 0.4) is 0 Å². The first kappa shape index (κ1) is 16.6. The highest BCUT2D eigenvalue weighted by atomic mass is 16.1. The summed E-state index contributed by atoms with van der Waals surface area (Å²) in [7, 11) is 0. The van der Waals surface area contributed by atoms with Gasteiger partial charge in [0.05, 0.1) is 11.0 Å². The molecule has 0 spiro atoms. The zero-order chi connectivity index (χ0) is 19.3. The lowest BCUT2D eigenvalue weighted by Gasteiger charge is -2.07. The van der Waals surface area contributed by atoms with Gasteiger partial charge < -0.3 is 5.32 Å². The fourth-order valence-corrected chi connectivity index (χ4v) is 3.57. The summed E-state index contributed by atoms with van der Waals surface area (Å²) in [5.41, 5.74) is 3.27. The van der Waals surface area contributed by atoms with Crippen molar-refractivity contribution in [2.24, 2.45) is 4.99 Å². The Hall–Kier alpha value is -3.55. The first-order valence-corrected chi connectivity index (χ1v) is 9.29. The number of anilines is 1. The van der Waals surface area contributed by atoms with Gasteiger partial charge in [0.1, 0.15) is 11.3 Å². The highest BCUT2D eigenvalue weighted by Crippen LogP contribution is 2.22. The lowest BCUT2D eigenvalue weighted by molar-refractivity contribution is 0.0996. The molecule has 0 atom stereocenters. The second kappa shape index (κ2) is 6.26. The van der Waals surface area contributed by atoms with E-state index < -0.39 is 0 Å². The van der Waals surface area contributed by atoms with Crippen LogP contribution < -0.4 is 10.9 Å². The van der Waals surface area contributed by atoms with Crippen LogP contribution in [0, 0.1) is 0 Å². The lowest BCUT2D eigenvalue weighted by Crippen LogP contribution is -2.24. The number of nitrogens with one attached hydrogen (secondary N) is 1. The normalized spacial score (nSPS) is 14.0. The summed E-state index contributed by atoms with van der Waals surface area (Å²) in [5.74, 6) is 0.609. The average molecular weight is 373 g/mol.